The lowest BCUT2D eigenvalue weighted by Gasteiger charge is -2.20. The summed E-state index contributed by atoms with van der Waals surface area (Å²) in [5, 5.41) is 11.7. The maximum Gasteiger partial charge on any atom is 0.274 e. The number of likely N-dealkylation sites (N-methyl/N-ethyl adjacent to an activating group) is 1. The normalized spacial score (nSPS) is 15.5. The van der Waals surface area contributed by atoms with E-state index in [1.807, 2.05) is 54.7 Å². The van der Waals surface area contributed by atoms with Crippen LogP contribution in [0.15, 0.2) is 60.9 Å². The van der Waals surface area contributed by atoms with Crippen molar-refractivity contribution in [1.82, 2.24) is 25.3 Å². The van der Waals surface area contributed by atoms with Gasteiger partial charge >= 0.3 is 0 Å². The van der Waals surface area contributed by atoms with Crippen molar-refractivity contribution >= 4 is 28.4 Å². The van der Waals surface area contributed by atoms with Gasteiger partial charge in [0.1, 0.15) is 18.4 Å². The van der Waals surface area contributed by atoms with Crippen LogP contribution in [-0.4, -0.2) is 51.5 Å². The molecule has 0 saturated carbocycles. The monoisotopic (exact) mass is 432 g/mol. The van der Waals surface area contributed by atoms with Crippen molar-refractivity contribution in [3.05, 3.63) is 72.2 Å². The van der Waals surface area contributed by atoms with E-state index >= 15 is 0 Å². The zero-order valence-electron chi connectivity index (χ0n) is 16.8. The van der Waals surface area contributed by atoms with Crippen LogP contribution in [0.3, 0.4) is 0 Å². The SMILES string of the molecule is C.CN1C(=O)[C@@H](NC(=O)c2cn(Cc3ccccc3)nn2)COc2cc3[nH]ccc3cc21. The van der Waals surface area contributed by atoms with Gasteiger partial charge in [0.25, 0.3) is 11.8 Å². The van der Waals surface area contributed by atoms with Gasteiger partial charge in [-0.1, -0.05) is 43.0 Å². The first-order valence-corrected chi connectivity index (χ1v) is 9.85. The summed E-state index contributed by atoms with van der Waals surface area (Å²) in [5.74, 6) is -0.164. The number of nitrogens with zero attached hydrogens (tertiary/aromatic N) is 4. The highest BCUT2D eigenvalue weighted by Crippen LogP contribution is 2.34. The molecule has 2 amide bonds. The Kier molecular flexibility index (Phi) is 5.63. The molecule has 1 aliphatic heterocycles. The minimum absolute atomic E-state index is 0. The van der Waals surface area contributed by atoms with Crippen LogP contribution in [0.4, 0.5) is 5.69 Å². The molecule has 3 heterocycles. The summed E-state index contributed by atoms with van der Waals surface area (Å²) >= 11 is 0. The van der Waals surface area contributed by atoms with Crippen molar-refractivity contribution in [2.75, 3.05) is 18.6 Å². The molecule has 164 valence electrons. The minimum Gasteiger partial charge on any atom is -0.489 e. The second-order valence-electron chi connectivity index (χ2n) is 7.41. The van der Waals surface area contributed by atoms with E-state index in [2.05, 4.69) is 20.6 Å². The molecule has 1 aliphatic rings. The molecule has 0 radical (unpaired) electrons. The quantitative estimate of drug-likeness (QED) is 0.516. The van der Waals surface area contributed by atoms with E-state index in [0.29, 0.717) is 18.0 Å². The molecule has 2 N–H and O–H groups in total. The third kappa shape index (κ3) is 3.92. The van der Waals surface area contributed by atoms with E-state index < -0.39 is 11.9 Å². The Bertz CT molecular complexity index is 1260. The molecule has 0 bridgehead atoms. The number of amides is 2. The first-order valence-electron chi connectivity index (χ1n) is 9.85. The van der Waals surface area contributed by atoms with Crippen molar-refractivity contribution < 1.29 is 14.3 Å². The van der Waals surface area contributed by atoms with Gasteiger partial charge in [0.05, 0.1) is 18.4 Å². The third-order valence-electron chi connectivity index (χ3n) is 5.29. The molecule has 1 atom stereocenters. The average Bonchev–Trinajstić information content (AvgIpc) is 3.42. The molecule has 0 saturated heterocycles. The van der Waals surface area contributed by atoms with Crippen LogP contribution in [0.1, 0.15) is 23.5 Å². The molecule has 0 unspecified atom stereocenters. The van der Waals surface area contributed by atoms with Crippen molar-refractivity contribution in [1.29, 1.82) is 0 Å². The minimum atomic E-state index is -0.845. The predicted octanol–water partition coefficient (Wildman–Crippen LogP) is 2.60. The Labute approximate surface area is 185 Å². The highest BCUT2D eigenvalue weighted by atomic mass is 16.5. The number of aromatic amines is 1. The molecule has 0 fully saturated rings. The number of anilines is 1. The number of hydrogen-bond acceptors (Lipinski definition) is 5. The Morgan fingerprint density at radius 3 is 2.88 bits per heavy atom. The number of H-pyrrole nitrogens is 1. The lowest BCUT2D eigenvalue weighted by atomic mass is 10.2. The van der Waals surface area contributed by atoms with Crippen LogP contribution < -0.4 is 15.0 Å². The van der Waals surface area contributed by atoms with Crippen LogP contribution in [0, 0.1) is 0 Å². The molecule has 32 heavy (non-hydrogen) atoms. The van der Waals surface area contributed by atoms with E-state index in [-0.39, 0.29) is 25.6 Å². The van der Waals surface area contributed by atoms with E-state index in [1.54, 1.807) is 17.9 Å². The lowest BCUT2D eigenvalue weighted by molar-refractivity contribution is -0.120. The average molecular weight is 432 g/mol. The van der Waals surface area contributed by atoms with Crippen molar-refractivity contribution in [2.45, 2.75) is 20.0 Å². The molecule has 9 heteroatoms. The van der Waals surface area contributed by atoms with Gasteiger partial charge in [-0.25, -0.2) is 4.68 Å². The summed E-state index contributed by atoms with van der Waals surface area (Å²) in [7, 11) is 1.67. The topological polar surface area (TPSA) is 105 Å². The number of carbonyl (C=O) groups is 2. The Balaban J connectivity index is 0.00000245. The highest BCUT2D eigenvalue weighted by Gasteiger charge is 2.31. The van der Waals surface area contributed by atoms with Gasteiger partial charge < -0.3 is 19.9 Å². The number of hydrogen-bond donors (Lipinski definition) is 2. The van der Waals surface area contributed by atoms with Crippen molar-refractivity contribution in [3.8, 4) is 5.75 Å². The number of nitrogens with one attached hydrogen (secondary N) is 2. The summed E-state index contributed by atoms with van der Waals surface area (Å²) in [6.07, 6.45) is 3.39. The number of rotatable bonds is 4. The molecule has 0 aliphatic carbocycles. The summed E-state index contributed by atoms with van der Waals surface area (Å²) < 4.78 is 7.44. The van der Waals surface area contributed by atoms with Gasteiger partial charge in [0, 0.05) is 30.2 Å². The standard InChI is InChI=1S/C22H20N6O3.CH4/c1-27-19-9-15-7-8-23-16(15)10-20(19)31-13-18(22(27)30)24-21(29)17-12-28(26-25-17)11-14-5-3-2-4-6-14;/h2-10,12,18,23H,11,13H2,1H3,(H,24,29);1H4/t18-;/m0./s1. The zero-order valence-corrected chi connectivity index (χ0v) is 16.8. The molecule has 0 spiro atoms. The van der Waals surface area contributed by atoms with E-state index in [9.17, 15) is 9.59 Å². The van der Waals surface area contributed by atoms with Crippen LogP contribution in [0.2, 0.25) is 0 Å². The number of carbonyl (C=O) groups excluding carboxylic acids is 2. The third-order valence-corrected chi connectivity index (χ3v) is 5.29. The number of aromatic nitrogens is 4. The van der Waals surface area contributed by atoms with Gasteiger partial charge in [-0.15, -0.1) is 5.10 Å². The van der Waals surface area contributed by atoms with Gasteiger partial charge in [-0.2, -0.15) is 0 Å². The fraction of sp³-hybridized carbons (Fsp3) is 0.217. The number of ether oxygens (including phenoxy) is 1. The lowest BCUT2D eigenvalue weighted by Crippen LogP contribution is -2.49. The maximum absolute atomic E-state index is 13.0. The Morgan fingerprint density at radius 1 is 1.25 bits per heavy atom. The van der Waals surface area contributed by atoms with Crippen molar-refractivity contribution in [3.63, 3.8) is 0 Å². The van der Waals surface area contributed by atoms with Crippen molar-refractivity contribution in [2.24, 2.45) is 0 Å². The van der Waals surface area contributed by atoms with Gasteiger partial charge in [-0.05, 0) is 17.7 Å². The van der Waals surface area contributed by atoms with Gasteiger partial charge in [-0.3, -0.25) is 9.59 Å². The van der Waals surface area contributed by atoms with E-state index in [4.69, 9.17) is 4.74 Å². The predicted molar refractivity (Wildman–Crippen MR) is 121 cm³/mol. The van der Waals surface area contributed by atoms with Crippen LogP contribution in [0.5, 0.6) is 5.75 Å². The molecule has 4 aromatic rings. The second-order valence-corrected chi connectivity index (χ2v) is 7.41. The molecule has 9 nitrogen and oxygen atoms in total. The summed E-state index contributed by atoms with van der Waals surface area (Å²) in [4.78, 5) is 30.3. The second kappa shape index (κ2) is 8.54. The van der Waals surface area contributed by atoms with E-state index in [0.717, 1.165) is 16.5 Å². The zero-order chi connectivity index (χ0) is 21.4. The van der Waals surface area contributed by atoms with Crippen LogP contribution in [0.25, 0.3) is 10.9 Å². The summed E-state index contributed by atoms with van der Waals surface area (Å²) in [6.45, 7) is 0.518. The smallest absolute Gasteiger partial charge is 0.274 e. The van der Waals surface area contributed by atoms with Crippen LogP contribution in [-0.2, 0) is 11.3 Å². The highest BCUT2D eigenvalue weighted by molar-refractivity contribution is 6.04. The van der Waals surface area contributed by atoms with Gasteiger partial charge in [0.15, 0.2) is 5.69 Å². The largest absolute Gasteiger partial charge is 0.489 e. The Morgan fingerprint density at radius 2 is 2.06 bits per heavy atom. The maximum atomic E-state index is 13.0. The number of benzene rings is 2. The summed E-state index contributed by atoms with van der Waals surface area (Å²) in [5.41, 5.74) is 2.75. The first kappa shape index (κ1) is 21.1. The summed E-state index contributed by atoms with van der Waals surface area (Å²) in [6, 6.07) is 14.6. The van der Waals surface area contributed by atoms with E-state index in [1.165, 1.54) is 4.90 Å². The first-order chi connectivity index (χ1) is 15.1. The molecule has 2 aromatic carbocycles. The fourth-order valence-corrected chi connectivity index (χ4v) is 3.63. The molecule has 2 aromatic heterocycles. The van der Waals surface area contributed by atoms with Crippen LogP contribution >= 0.6 is 0 Å². The molecular formula is C23H24N6O3. The Hall–Kier alpha value is -4.14. The fourth-order valence-electron chi connectivity index (χ4n) is 3.63. The van der Waals surface area contributed by atoms with Gasteiger partial charge in [0.2, 0.25) is 0 Å². The molecule has 5 rings (SSSR count). The number of fused-ring (bicyclic) bond motifs is 2. The molecular weight excluding hydrogens is 408 g/mol.